The van der Waals surface area contributed by atoms with Crippen LogP contribution in [0.1, 0.15) is 24.8 Å². The zero-order valence-electron chi connectivity index (χ0n) is 13.1. The summed E-state index contributed by atoms with van der Waals surface area (Å²) in [6.45, 7) is 1.70. The Morgan fingerprint density at radius 1 is 1.26 bits per heavy atom. The summed E-state index contributed by atoms with van der Waals surface area (Å²) in [7, 11) is 0. The van der Waals surface area contributed by atoms with Crippen LogP contribution in [0.3, 0.4) is 0 Å². The van der Waals surface area contributed by atoms with Crippen LogP contribution in [-0.2, 0) is 17.8 Å². The zero-order chi connectivity index (χ0) is 15.6. The van der Waals surface area contributed by atoms with Crippen LogP contribution in [0.4, 0.5) is 0 Å². The Balaban J connectivity index is 1.48. The first-order valence-corrected chi connectivity index (χ1v) is 9.22. The van der Waals surface area contributed by atoms with Crippen LogP contribution < -0.4 is 0 Å². The van der Waals surface area contributed by atoms with E-state index in [0.29, 0.717) is 5.91 Å². The molecule has 1 fully saturated rings. The van der Waals surface area contributed by atoms with Crippen LogP contribution >= 0.6 is 11.8 Å². The summed E-state index contributed by atoms with van der Waals surface area (Å²) in [6.07, 6.45) is 8.05. The molecule has 3 heterocycles. The van der Waals surface area contributed by atoms with Gasteiger partial charge in [-0.1, -0.05) is 18.2 Å². The first kappa shape index (κ1) is 14.8. The fraction of sp³-hybridized carbons (Fsp3) is 0.444. The van der Waals surface area contributed by atoms with Crippen LogP contribution in [0, 0.1) is 0 Å². The van der Waals surface area contributed by atoms with Crippen LogP contribution in [0.15, 0.2) is 47.6 Å². The number of carbonyl (C=O) groups is 1. The number of fused-ring (bicyclic) bond motifs is 1. The third kappa shape index (κ3) is 3.02. The molecule has 5 heteroatoms. The first-order chi connectivity index (χ1) is 11.3. The lowest BCUT2D eigenvalue weighted by atomic mass is 10.0. The average molecular weight is 327 g/mol. The minimum atomic E-state index is 0.0469. The molecule has 0 bridgehead atoms. The molecule has 2 aliphatic rings. The molecule has 23 heavy (non-hydrogen) atoms. The van der Waals surface area contributed by atoms with Crippen molar-refractivity contribution in [2.45, 2.75) is 48.4 Å². The van der Waals surface area contributed by atoms with E-state index in [0.717, 1.165) is 32.4 Å². The first-order valence-electron chi connectivity index (χ1n) is 8.34. The van der Waals surface area contributed by atoms with Gasteiger partial charge in [0, 0.05) is 23.8 Å². The standard InChI is InChI=1S/C18H21N3OS/c22-18(17-12-14-6-1-2-8-16(14)23-17)21-11-4-3-7-15(21)13-20-10-5-9-19-20/h1-2,5-6,8-10,15,17H,3-4,7,11-13H2. The van der Waals surface area contributed by atoms with E-state index in [4.69, 9.17) is 0 Å². The number of carbonyl (C=O) groups excluding carboxylic acids is 1. The van der Waals surface area contributed by atoms with Crippen LogP contribution in [0.25, 0.3) is 0 Å². The van der Waals surface area contributed by atoms with Crippen molar-refractivity contribution in [3.63, 3.8) is 0 Å². The minimum absolute atomic E-state index is 0.0469. The molecule has 1 aromatic carbocycles. The second-order valence-corrected chi connectivity index (χ2v) is 7.57. The van der Waals surface area contributed by atoms with Gasteiger partial charge in [0.25, 0.3) is 0 Å². The molecule has 0 spiro atoms. The molecule has 0 radical (unpaired) electrons. The number of aromatic nitrogens is 2. The lowest BCUT2D eigenvalue weighted by Gasteiger charge is -2.37. The van der Waals surface area contributed by atoms with Crippen LogP contribution in [-0.4, -0.2) is 38.4 Å². The minimum Gasteiger partial charge on any atom is -0.337 e. The lowest BCUT2D eigenvalue weighted by molar-refractivity contribution is -0.134. The molecule has 120 valence electrons. The molecule has 2 aliphatic heterocycles. The molecular formula is C18H21N3OS. The van der Waals surface area contributed by atoms with Gasteiger partial charge in [-0.3, -0.25) is 9.48 Å². The van der Waals surface area contributed by atoms with E-state index in [1.807, 2.05) is 16.9 Å². The third-order valence-corrected chi connectivity index (χ3v) is 6.09. The van der Waals surface area contributed by atoms with Gasteiger partial charge in [-0.15, -0.1) is 11.8 Å². The van der Waals surface area contributed by atoms with E-state index < -0.39 is 0 Å². The topological polar surface area (TPSA) is 38.1 Å². The van der Waals surface area contributed by atoms with Crippen molar-refractivity contribution < 1.29 is 4.79 Å². The molecular weight excluding hydrogens is 306 g/mol. The maximum Gasteiger partial charge on any atom is 0.236 e. The molecule has 0 saturated carbocycles. The normalized spacial score (nSPS) is 23.7. The number of thioether (sulfide) groups is 1. The van der Waals surface area contributed by atoms with Crippen LogP contribution in [0.5, 0.6) is 0 Å². The Morgan fingerprint density at radius 3 is 3.00 bits per heavy atom. The van der Waals surface area contributed by atoms with E-state index in [2.05, 4.69) is 34.3 Å². The van der Waals surface area contributed by atoms with Gasteiger partial charge in [-0.05, 0) is 43.4 Å². The molecule has 1 aromatic heterocycles. The fourth-order valence-corrected chi connectivity index (χ4v) is 4.88. The summed E-state index contributed by atoms with van der Waals surface area (Å²) in [5.74, 6) is 0.308. The molecule has 4 rings (SSSR count). The van der Waals surface area contributed by atoms with Gasteiger partial charge in [-0.25, -0.2) is 0 Å². The number of amides is 1. The van der Waals surface area contributed by atoms with Crippen molar-refractivity contribution >= 4 is 17.7 Å². The van der Waals surface area contributed by atoms with E-state index in [1.54, 1.807) is 18.0 Å². The predicted molar refractivity (Wildman–Crippen MR) is 91.4 cm³/mol. The number of benzene rings is 1. The average Bonchev–Trinajstić information content (AvgIpc) is 3.23. The van der Waals surface area contributed by atoms with Crippen LogP contribution in [0.2, 0.25) is 0 Å². The molecule has 2 unspecified atom stereocenters. The number of nitrogens with zero attached hydrogens (tertiary/aromatic N) is 3. The van der Waals surface area contributed by atoms with Crippen molar-refractivity contribution in [2.24, 2.45) is 0 Å². The number of hydrogen-bond donors (Lipinski definition) is 0. The molecule has 2 atom stereocenters. The van der Waals surface area contributed by atoms with E-state index in [9.17, 15) is 4.79 Å². The number of rotatable bonds is 3. The molecule has 2 aromatic rings. The third-order valence-electron chi connectivity index (χ3n) is 4.79. The highest BCUT2D eigenvalue weighted by Gasteiger charge is 2.35. The quantitative estimate of drug-likeness (QED) is 0.870. The van der Waals surface area contributed by atoms with Gasteiger partial charge >= 0.3 is 0 Å². The van der Waals surface area contributed by atoms with Crippen molar-refractivity contribution in [3.05, 3.63) is 48.3 Å². The molecule has 1 amide bonds. The summed E-state index contributed by atoms with van der Waals surface area (Å²) in [4.78, 5) is 16.5. The summed E-state index contributed by atoms with van der Waals surface area (Å²) in [5, 5.41) is 4.35. The Morgan fingerprint density at radius 2 is 2.17 bits per heavy atom. The summed E-state index contributed by atoms with van der Waals surface area (Å²) in [6, 6.07) is 10.6. The monoisotopic (exact) mass is 327 g/mol. The molecule has 0 N–H and O–H groups in total. The summed E-state index contributed by atoms with van der Waals surface area (Å²) < 4.78 is 1.95. The highest BCUT2D eigenvalue weighted by Crippen LogP contribution is 2.38. The highest BCUT2D eigenvalue weighted by atomic mass is 32.2. The SMILES string of the molecule is O=C(C1Cc2ccccc2S1)N1CCCCC1Cn1cccn1. The van der Waals surface area contributed by atoms with Crippen molar-refractivity contribution in [1.82, 2.24) is 14.7 Å². The Labute approximate surface area is 140 Å². The summed E-state index contributed by atoms with van der Waals surface area (Å²) >= 11 is 1.73. The van der Waals surface area contributed by atoms with Gasteiger partial charge in [0.05, 0.1) is 17.8 Å². The van der Waals surface area contributed by atoms with Crippen molar-refractivity contribution in [3.8, 4) is 0 Å². The number of piperidine rings is 1. The maximum absolute atomic E-state index is 13.1. The Bertz CT molecular complexity index is 660. The van der Waals surface area contributed by atoms with Crippen molar-refractivity contribution in [2.75, 3.05) is 6.54 Å². The van der Waals surface area contributed by atoms with Gasteiger partial charge in [0.1, 0.15) is 0 Å². The Kier molecular flexibility index (Phi) is 4.12. The second kappa shape index (κ2) is 6.40. The number of likely N-dealkylation sites (tertiary alicyclic amines) is 1. The zero-order valence-corrected chi connectivity index (χ0v) is 13.9. The molecule has 1 saturated heterocycles. The van der Waals surface area contributed by atoms with Gasteiger partial charge in [-0.2, -0.15) is 5.10 Å². The van der Waals surface area contributed by atoms with E-state index >= 15 is 0 Å². The van der Waals surface area contributed by atoms with Gasteiger partial charge in [0.2, 0.25) is 5.91 Å². The maximum atomic E-state index is 13.1. The fourth-order valence-electron chi connectivity index (χ4n) is 3.61. The van der Waals surface area contributed by atoms with Crippen molar-refractivity contribution in [1.29, 1.82) is 0 Å². The smallest absolute Gasteiger partial charge is 0.236 e. The largest absolute Gasteiger partial charge is 0.337 e. The second-order valence-electron chi connectivity index (χ2n) is 6.33. The number of hydrogen-bond acceptors (Lipinski definition) is 3. The van der Waals surface area contributed by atoms with Gasteiger partial charge < -0.3 is 4.90 Å². The summed E-state index contributed by atoms with van der Waals surface area (Å²) in [5.41, 5.74) is 1.32. The lowest BCUT2D eigenvalue weighted by Crippen LogP contribution is -2.49. The Hall–Kier alpha value is -1.75. The van der Waals surface area contributed by atoms with Gasteiger partial charge in [0.15, 0.2) is 0 Å². The van der Waals surface area contributed by atoms with E-state index in [1.165, 1.54) is 16.9 Å². The predicted octanol–water partition coefficient (Wildman–Crippen LogP) is 2.98. The molecule has 4 nitrogen and oxygen atoms in total. The highest BCUT2D eigenvalue weighted by molar-refractivity contribution is 8.01. The molecule has 0 aliphatic carbocycles. The van der Waals surface area contributed by atoms with E-state index in [-0.39, 0.29) is 11.3 Å².